The molecule has 0 aromatic carbocycles. The molecule has 58 valence electrons. The van der Waals surface area contributed by atoms with E-state index >= 15 is 0 Å². The molecule has 2 heteroatoms. The van der Waals surface area contributed by atoms with E-state index in [1.54, 1.807) is 0 Å². The van der Waals surface area contributed by atoms with E-state index in [9.17, 15) is 0 Å². The van der Waals surface area contributed by atoms with Crippen LogP contribution in [0, 0.1) is 5.92 Å². The van der Waals surface area contributed by atoms with E-state index in [4.69, 9.17) is 9.47 Å². The molecule has 2 nitrogen and oxygen atoms in total. The summed E-state index contributed by atoms with van der Waals surface area (Å²) < 4.78 is 10.4. The molecule has 0 bridgehead atoms. The van der Waals surface area contributed by atoms with Gasteiger partial charge in [-0.2, -0.15) is 0 Å². The van der Waals surface area contributed by atoms with E-state index in [0.29, 0.717) is 6.10 Å². The summed E-state index contributed by atoms with van der Waals surface area (Å²) in [5.74, 6) is 1.00. The largest absolute Gasteiger partial charge is 0.379 e. The van der Waals surface area contributed by atoms with Crippen LogP contribution in [0.5, 0.6) is 0 Å². The highest BCUT2D eigenvalue weighted by molar-refractivity contribution is 4.73. The van der Waals surface area contributed by atoms with Crippen molar-refractivity contribution in [2.45, 2.75) is 25.4 Å². The average molecular weight is 142 g/mol. The van der Waals surface area contributed by atoms with Crippen molar-refractivity contribution in [3.8, 4) is 0 Å². The van der Waals surface area contributed by atoms with Crippen molar-refractivity contribution in [1.82, 2.24) is 0 Å². The van der Waals surface area contributed by atoms with Crippen LogP contribution in [0.4, 0.5) is 0 Å². The van der Waals surface area contributed by atoms with Crippen LogP contribution in [0.2, 0.25) is 0 Å². The van der Waals surface area contributed by atoms with Crippen molar-refractivity contribution in [3.05, 3.63) is 0 Å². The zero-order valence-electron chi connectivity index (χ0n) is 6.21. The molecular formula is C8H14O2. The van der Waals surface area contributed by atoms with Crippen LogP contribution in [0.25, 0.3) is 0 Å². The van der Waals surface area contributed by atoms with Crippen LogP contribution in [0.15, 0.2) is 0 Å². The minimum absolute atomic E-state index is 0.444. The Bertz CT molecular complexity index is 91.8. The number of ether oxygens (including phenoxy) is 2. The molecule has 10 heavy (non-hydrogen) atoms. The minimum Gasteiger partial charge on any atom is -0.379 e. The van der Waals surface area contributed by atoms with Crippen LogP contribution in [-0.2, 0) is 9.47 Å². The highest BCUT2D eigenvalue weighted by atomic mass is 16.6. The molecule has 2 rings (SSSR count). The molecule has 0 aromatic heterocycles. The van der Waals surface area contributed by atoms with Gasteiger partial charge in [0.1, 0.15) is 6.10 Å². The van der Waals surface area contributed by atoms with E-state index in [2.05, 4.69) is 0 Å². The minimum atomic E-state index is 0.444. The predicted molar refractivity (Wildman–Crippen MR) is 37.9 cm³/mol. The second-order valence-electron chi connectivity index (χ2n) is 3.26. The molecule has 1 aliphatic carbocycles. The van der Waals surface area contributed by atoms with E-state index in [-0.39, 0.29) is 0 Å². The van der Waals surface area contributed by atoms with Crippen LogP contribution >= 0.6 is 0 Å². The number of rotatable bonds is 5. The maximum atomic E-state index is 5.38. The van der Waals surface area contributed by atoms with Crippen molar-refractivity contribution in [1.29, 1.82) is 0 Å². The summed E-state index contributed by atoms with van der Waals surface area (Å²) >= 11 is 0. The Kier molecular flexibility index (Phi) is 1.91. The first-order valence-corrected chi connectivity index (χ1v) is 4.14. The second-order valence-corrected chi connectivity index (χ2v) is 3.26. The summed E-state index contributed by atoms with van der Waals surface area (Å²) in [4.78, 5) is 0. The van der Waals surface area contributed by atoms with Gasteiger partial charge in [0, 0.05) is 6.61 Å². The quantitative estimate of drug-likeness (QED) is 0.425. The highest BCUT2D eigenvalue weighted by Crippen LogP contribution is 2.32. The van der Waals surface area contributed by atoms with Gasteiger partial charge in [0.15, 0.2) is 0 Å². The summed E-state index contributed by atoms with van der Waals surface area (Å²) in [5.41, 5.74) is 0. The third-order valence-corrected chi connectivity index (χ3v) is 2.07. The maximum Gasteiger partial charge on any atom is 0.104 e. The van der Waals surface area contributed by atoms with Crippen LogP contribution in [-0.4, -0.2) is 25.9 Å². The molecule has 1 heterocycles. The average Bonchev–Trinajstić information content (AvgIpc) is 2.77. The van der Waals surface area contributed by atoms with Crippen molar-refractivity contribution in [2.75, 3.05) is 19.8 Å². The lowest BCUT2D eigenvalue weighted by atomic mass is 10.3. The number of hydrogen-bond donors (Lipinski definition) is 0. The summed E-state index contributed by atoms with van der Waals surface area (Å²) in [6.07, 6.45) is 4.58. The zero-order valence-corrected chi connectivity index (χ0v) is 6.21. The smallest absolute Gasteiger partial charge is 0.104 e. The van der Waals surface area contributed by atoms with Crippen LogP contribution < -0.4 is 0 Å². The Balaban J connectivity index is 1.40. The Morgan fingerprint density at radius 1 is 1.40 bits per heavy atom. The fraction of sp³-hybridized carbons (Fsp3) is 1.00. The number of hydrogen-bond acceptors (Lipinski definition) is 2. The SMILES string of the molecule is C(CC1CC1)OCC1CO1. The van der Waals surface area contributed by atoms with Gasteiger partial charge in [-0.15, -0.1) is 0 Å². The third kappa shape index (κ3) is 2.27. The monoisotopic (exact) mass is 142 g/mol. The van der Waals surface area contributed by atoms with Crippen molar-refractivity contribution in [3.63, 3.8) is 0 Å². The predicted octanol–water partition coefficient (Wildman–Crippen LogP) is 1.20. The lowest BCUT2D eigenvalue weighted by Gasteiger charge is -1.98. The number of epoxide rings is 1. The first-order valence-electron chi connectivity index (χ1n) is 4.14. The van der Waals surface area contributed by atoms with Gasteiger partial charge in [-0.1, -0.05) is 12.8 Å². The van der Waals surface area contributed by atoms with Crippen LogP contribution in [0.1, 0.15) is 19.3 Å². The molecule has 0 spiro atoms. The normalized spacial score (nSPS) is 30.6. The van der Waals surface area contributed by atoms with Gasteiger partial charge < -0.3 is 9.47 Å². The Hall–Kier alpha value is -0.0800. The zero-order chi connectivity index (χ0) is 6.81. The van der Waals surface area contributed by atoms with Gasteiger partial charge in [-0.25, -0.2) is 0 Å². The lowest BCUT2D eigenvalue weighted by molar-refractivity contribution is 0.111. The summed E-state index contributed by atoms with van der Waals surface area (Å²) in [7, 11) is 0. The molecule has 2 aliphatic rings. The first kappa shape index (κ1) is 6.62. The molecular weight excluding hydrogens is 128 g/mol. The second kappa shape index (κ2) is 2.89. The van der Waals surface area contributed by atoms with E-state index in [1.807, 2.05) is 0 Å². The molecule has 0 amide bonds. The molecule has 1 atom stereocenters. The standard InChI is InChI=1S/C8H14O2/c1-2-7(1)3-4-9-5-8-6-10-8/h7-8H,1-6H2. The molecule has 1 unspecified atom stereocenters. The summed E-state index contributed by atoms with van der Waals surface area (Å²) in [6.45, 7) is 2.70. The van der Waals surface area contributed by atoms with Gasteiger partial charge in [0.25, 0.3) is 0 Å². The van der Waals surface area contributed by atoms with Gasteiger partial charge >= 0.3 is 0 Å². The van der Waals surface area contributed by atoms with E-state index < -0.39 is 0 Å². The Morgan fingerprint density at radius 3 is 2.80 bits per heavy atom. The molecule has 1 aliphatic heterocycles. The highest BCUT2D eigenvalue weighted by Gasteiger charge is 2.23. The topological polar surface area (TPSA) is 21.8 Å². The Labute approximate surface area is 61.5 Å². The van der Waals surface area contributed by atoms with Gasteiger partial charge in [-0.3, -0.25) is 0 Å². The third-order valence-electron chi connectivity index (χ3n) is 2.07. The van der Waals surface area contributed by atoms with E-state index in [0.717, 1.165) is 25.7 Å². The van der Waals surface area contributed by atoms with Crippen molar-refractivity contribution in [2.24, 2.45) is 5.92 Å². The molecule has 1 saturated heterocycles. The molecule has 2 fully saturated rings. The van der Waals surface area contributed by atoms with Gasteiger partial charge in [0.05, 0.1) is 13.2 Å². The fourth-order valence-corrected chi connectivity index (χ4v) is 1.04. The molecule has 0 radical (unpaired) electrons. The van der Waals surface area contributed by atoms with Crippen LogP contribution in [0.3, 0.4) is 0 Å². The molecule has 1 saturated carbocycles. The lowest BCUT2D eigenvalue weighted by Crippen LogP contribution is -2.02. The van der Waals surface area contributed by atoms with Gasteiger partial charge in [-0.05, 0) is 12.3 Å². The van der Waals surface area contributed by atoms with Gasteiger partial charge in [0.2, 0.25) is 0 Å². The summed E-state index contributed by atoms with van der Waals surface area (Å²) in [6, 6.07) is 0. The fourth-order valence-electron chi connectivity index (χ4n) is 1.04. The molecule has 0 N–H and O–H groups in total. The maximum absolute atomic E-state index is 5.38. The summed E-state index contributed by atoms with van der Waals surface area (Å²) in [5, 5.41) is 0. The first-order chi connectivity index (χ1) is 4.95. The van der Waals surface area contributed by atoms with E-state index in [1.165, 1.54) is 19.3 Å². The van der Waals surface area contributed by atoms with Crippen molar-refractivity contribution < 1.29 is 9.47 Å². The van der Waals surface area contributed by atoms with Crippen molar-refractivity contribution >= 4 is 0 Å². The molecule has 0 aromatic rings. The Morgan fingerprint density at radius 2 is 2.20 bits per heavy atom.